The highest BCUT2D eigenvalue weighted by molar-refractivity contribution is 5.76. The molecular weight excluding hydrogens is 260 g/mol. The second-order valence-electron chi connectivity index (χ2n) is 5.72. The van der Waals surface area contributed by atoms with Gasteiger partial charge in [0.2, 0.25) is 5.91 Å². The third-order valence-corrected chi connectivity index (χ3v) is 4.06. The van der Waals surface area contributed by atoms with Crippen LogP contribution in [0.3, 0.4) is 0 Å². The molecule has 2 aromatic rings. The number of aromatic nitrogens is 1. The largest absolute Gasteiger partial charge is 0.345 e. The summed E-state index contributed by atoms with van der Waals surface area (Å²) in [4.78, 5) is 14.2. The minimum Gasteiger partial charge on any atom is -0.345 e. The molecule has 1 aliphatic rings. The standard InChI is InChI=1S/C18H22N2O/c1-2-18(21)20(16-10-11-16)14-17-9-6-12-19(17)13-15-7-4-3-5-8-15/h3-9,12,16H,2,10-11,13-14H2,1H3. The van der Waals surface area contributed by atoms with Gasteiger partial charge in [-0.15, -0.1) is 0 Å². The zero-order valence-electron chi connectivity index (χ0n) is 12.5. The summed E-state index contributed by atoms with van der Waals surface area (Å²) in [7, 11) is 0. The topological polar surface area (TPSA) is 25.2 Å². The Morgan fingerprint density at radius 3 is 2.62 bits per heavy atom. The van der Waals surface area contributed by atoms with Crippen molar-refractivity contribution in [1.82, 2.24) is 9.47 Å². The Morgan fingerprint density at radius 2 is 1.95 bits per heavy atom. The predicted octanol–water partition coefficient (Wildman–Crippen LogP) is 3.44. The lowest BCUT2D eigenvalue weighted by Gasteiger charge is -2.23. The summed E-state index contributed by atoms with van der Waals surface area (Å²) >= 11 is 0. The highest BCUT2D eigenvalue weighted by atomic mass is 16.2. The molecule has 1 aromatic carbocycles. The van der Waals surface area contributed by atoms with E-state index in [1.165, 1.54) is 11.3 Å². The number of hydrogen-bond donors (Lipinski definition) is 0. The van der Waals surface area contributed by atoms with Crippen LogP contribution in [0.15, 0.2) is 48.7 Å². The quantitative estimate of drug-likeness (QED) is 0.796. The van der Waals surface area contributed by atoms with Crippen LogP contribution >= 0.6 is 0 Å². The smallest absolute Gasteiger partial charge is 0.222 e. The van der Waals surface area contributed by atoms with Crippen molar-refractivity contribution in [2.75, 3.05) is 0 Å². The fourth-order valence-corrected chi connectivity index (χ4v) is 2.71. The van der Waals surface area contributed by atoms with Crippen molar-refractivity contribution in [3.8, 4) is 0 Å². The fourth-order valence-electron chi connectivity index (χ4n) is 2.71. The molecule has 0 spiro atoms. The van der Waals surface area contributed by atoms with Crippen LogP contribution in [0.4, 0.5) is 0 Å². The van der Waals surface area contributed by atoms with Gasteiger partial charge in [0.25, 0.3) is 0 Å². The Balaban J connectivity index is 1.74. The summed E-state index contributed by atoms with van der Waals surface area (Å²) in [6.45, 7) is 3.54. The first kappa shape index (κ1) is 13.9. The average molecular weight is 282 g/mol. The number of amides is 1. The summed E-state index contributed by atoms with van der Waals surface area (Å²) < 4.78 is 2.24. The Labute approximate surface area is 126 Å². The third-order valence-electron chi connectivity index (χ3n) is 4.06. The van der Waals surface area contributed by atoms with Crippen molar-refractivity contribution < 1.29 is 4.79 Å². The first-order valence-corrected chi connectivity index (χ1v) is 7.75. The molecule has 0 radical (unpaired) electrons. The second-order valence-corrected chi connectivity index (χ2v) is 5.72. The molecule has 1 saturated carbocycles. The number of hydrogen-bond acceptors (Lipinski definition) is 1. The Hall–Kier alpha value is -2.03. The van der Waals surface area contributed by atoms with Crippen molar-refractivity contribution in [1.29, 1.82) is 0 Å². The molecule has 0 bridgehead atoms. The first-order chi connectivity index (χ1) is 10.3. The van der Waals surface area contributed by atoms with E-state index in [0.717, 1.165) is 25.9 Å². The fraction of sp³-hybridized carbons (Fsp3) is 0.389. The molecule has 110 valence electrons. The van der Waals surface area contributed by atoms with Crippen molar-refractivity contribution in [3.63, 3.8) is 0 Å². The summed E-state index contributed by atoms with van der Waals surface area (Å²) in [5.74, 6) is 0.268. The molecule has 0 saturated heterocycles. The van der Waals surface area contributed by atoms with Gasteiger partial charge >= 0.3 is 0 Å². The zero-order chi connectivity index (χ0) is 14.7. The molecule has 3 nitrogen and oxygen atoms in total. The van der Waals surface area contributed by atoms with Gasteiger partial charge in [0.1, 0.15) is 0 Å². The van der Waals surface area contributed by atoms with E-state index in [-0.39, 0.29) is 5.91 Å². The molecule has 0 unspecified atom stereocenters. The highest BCUT2D eigenvalue weighted by Gasteiger charge is 2.32. The maximum Gasteiger partial charge on any atom is 0.222 e. The molecule has 1 aromatic heterocycles. The van der Waals surface area contributed by atoms with Crippen molar-refractivity contribution >= 4 is 5.91 Å². The third kappa shape index (κ3) is 3.35. The van der Waals surface area contributed by atoms with Crippen LogP contribution in [0.1, 0.15) is 37.4 Å². The van der Waals surface area contributed by atoms with E-state index in [9.17, 15) is 4.79 Å². The van der Waals surface area contributed by atoms with Gasteiger partial charge in [-0.3, -0.25) is 4.79 Å². The molecular formula is C18H22N2O. The predicted molar refractivity (Wildman–Crippen MR) is 83.8 cm³/mol. The minimum absolute atomic E-state index is 0.268. The normalized spacial score (nSPS) is 14.1. The van der Waals surface area contributed by atoms with Crippen LogP contribution in [0.2, 0.25) is 0 Å². The Bertz CT molecular complexity index is 599. The second kappa shape index (κ2) is 6.17. The van der Waals surface area contributed by atoms with Crippen LogP contribution in [0.25, 0.3) is 0 Å². The maximum absolute atomic E-state index is 12.1. The summed E-state index contributed by atoms with van der Waals surface area (Å²) in [5.41, 5.74) is 2.50. The van der Waals surface area contributed by atoms with Crippen molar-refractivity contribution in [2.24, 2.45) is 0 Å². The molecule has 1 aliphatic carbocycles. The monoisotopic (exact) mass is 282 g/mol. The average Bonchev–Trinajstić information content (AvgIpc) is 3.27. The summed E-state index contributed by atoms with van der Waals surface area (Å²) in [6.07, 6.45) is 5.01. The van der Waals surface area contributed by atoms with Crippen LogP contribution < -0.4 is 0 Å². The van der Waals surface area contributed by atoms with E-state index in [1.54, 1.807) is 0 Å². The minimum atomic E-state index is 0.268. The van der Waals surface area contributed by atoms with Gasteiger partial charge in [-0.05, 0) is 30.5 Å². The van der Waals surface area contributed by atoms with Gasteiger partial charge in [0, 0.05) is 30.9 Å². The van der Waals surface area contributed by atoms with Crippen molar-refractivity contribution in [3.05, 3.63) is 59.9 Å². The van der Waals surface area contributed by atoms with E-state index in [2.05, 4.69) is 52.1 Å². The van der Waals surface area contributed by atoms with Gasteiger partial charge in [0.15, 0.2) is 0 Å². The Morgan fingerprint density at radius 1 is 1.19 bits per heavy atom. The lowest BCUT2D eigenvalue weighted by molar-refractivity contribution is -0.132. The molecule has 3 heteroatoms. The highest BCUT2D eigenvalue weighted by Crippen LogP contribution is 2.29. The molecule has 0 N–H and O–H groups in total. The van der Waals surface area contributed by atoms with E-state index in [0.29, 0.717) is 12.5 Å². The van der Waals surface area contributed by atoms with Crippen LogP contribution in [0.5, 0.6) is 0 Å². The maximum atomic E-state index is 12.1. The molecule has 1 heterocycles. The van der Waals surface area contributed by atoms with E-state index < -0.39 is 0 Å². The van der Waals surface area contributed by atoms with Crippen LogP contribution in [0, 0.1) is 0 Å². The number of rotatable bonds is 6. The molecule has 21 heavy (non-hydrogen) atoms. The number of nitrogens with zero attached hydrogens (tertiary/aromatic N) is 2. The van der Waals surface area contributed by atoms with E-state index in [1.807, 2.05) is 13.0 Å². The molecule has 1 amide bonds. The summed E-state index contributed by atoms with van der Waals surface area (Å²) in [6, 6.07) is 15.1. The van der Waals surface area contributed by atoms with E-state index in [4.69, 9.17) is 0 Å². The van der Waals surface area contributed by atoms with Crippen LogP contribution in [-0.2, 0) is 17.9 Å². The van der Waals surface area contributed by atoms with Gasteiger partial charge < -0.3 is 9.47 Å². The molecule has 0 atom stereocenters. The Kier molecular flexibility index (Phi) is 4.09. The van der Waals surface area contributed by atoms with Gasteiger partial charge in [-0.2, -0.15) is 0 Å². The van der Waals surface area contributed by atoms with E-state index >= 15 is 0 Å². The number of benzene rings is 1. The molecule has 1 fully saturated rings. The lowest BCUT2D eigenvalue weighted by Crippen LogP contribution is -2.32. The lowest BCUT2D eigenvalue weighted by atomic mass is 10.2. The zero-order valence-corrected chi connectivity index (χ0v) is 12.5. The van der Waals surface area contributed by atoms with Gasteiger partial charge in [-0.25, -0.2) is 0 Å². The van der Waals surface area contributed by atoms with Crippen molar-refractivity contribution in [2.45, 2.75) is 45.3 Å². The van der Waals surface area contributed by atoms with Gasteiger partial charge in [0.05, 0.1) is 6.54 Å². The van der Waals surface area contributed by atoms with Gasteiger partial charge in [-0.1, -0.05) is 37.3 Å². The number of carbonyl (C=O) groups is 1. The summed E-state index contributed by atoms with van der Waals surface area (Å²) in [5, 5.41) is 0. The van der Waals surface area contributed by atoms with Crippen LogP contribution in [-0.4, -0.2) is 21.4 Å². The molecule has 0 aliphatic heterocycles. The first-order valence-electron chi connectivity index (χ1n) is 7.75. The number of carbonyl (C=O) groups excluding carboxylic acids is 1. The SMILES string of the molecule is CCC(=O)N(Cc1cccn1Cc1ccccc1)C1CC1. The molecule has 3 rings (SSSR count).